The van der Waals surface area contributed by atoms with Crippen molar-refractivity contribution in [2.45, 2.75) is 32.4 Å². The number of aryl methyl sites for hydroxylation is 1. The van der Waals surface area contributed by atoms with Gasteiger partial charge in [-0.25, -0.2) is 19.7 Å². The number of amides is 1. The van der Waals surface area contributed by atoms with Gasteiger partial charge >= 0.3 is 5.97 Å². The molecule has 0 unspecified atom stereocenters. The lowest BCUT2D eigenvalue weighted by Crippen LogP contribution is -2.55. The Morgan fingerprint density at radius 3 is 2.58 bits per heavy atom. The van der Waals surface area contributed by atoms with Gasteiger partial charge in [0.15, 0.2) is 5.13 Å². The number of nitrogens with one attached hydrogen (secondary N) is 3. The van der Waals surface area contributed by atoms with E-state index < -0.39 is 5.97 Å². The third-order valence-corrected chi connectivity index (χ3v) is 8.99. The summed E-state index contributed by atoms with van der Waals surface area (Å²) in [4.78, 5) is 45.9. The highest BCUT2D eigenvalue weighted by Gasteiger charge is 2.34. The number of H-pyrrole nitrogens is 1. The molecule has 3 aromatic rings. The van der Waals surface area contributed by atoms with E-state index in [1.54, 1.807) is 19.3 Å². The molecule has 0 bridgehead atoms. The van der Waals surface area contributed by atoms with Crippen LogP contribution in [0.5, 0.6) is 0 Å². The quantitative estimate of drug-likeness (QED) is 0.300. The number of thiazole rings is 1. The number of anilines is 2. The van der Waals surface area contributed by atoms with Gasteiger partial charge in [-0.05, 0) is 20.3 Å². The van der Waals surface area contributed by atoms with Crippen LogP contribution in [0.15, 0.2) is 12.4 Å². The van der Waals surface area contributed by atoms with E-state index in [0.717, 1.165) is 43.3 Å². The second kappa shape index (κ2) is 12.3. The number of carbonyl (C=O) groups is 2. The van der Waals surface area contributed by atoms with Gasteiger partial charge in [-0.15, -0.1) is 0 Å². The number of aromatic amines is 1. The molecule has 0 radical (unpaired) electrons. The first-order valence-electron chi connectivity index (χ1n) is 13.0. The van der Waals surface area contributed by atoms with E-state index in [0.29, 0.717) is 47.7 Å². The summed E-state index contributed by atoms with van der Waals surface area (Å²) in [5.74, 6) is -0.693. The zero-order valence-corrected chi connectivity index (χ0v) is 24.4. The molecule has 5 rings (SSSR count). The highest BCUT2D eigenvalue weighted by Crippen LogP contribution is 2.34. The van der Waals surface area contributed by atoms with Gasteiger partial charge in [-0.1, -0.05) is 34.5 Å². The van der Waals surface area contributed by atoms with Crippen molar-refractivity contribution in [3.8, 4) is 11.4 Å². The van der Waals surface area contributed by atoms with Crippen LogP contribution in [0, 0.1) is 6.92 Å². The molecule has 5 heterocycles. The minimum atomic E-state index is -1.08. The summed E-state index contributed by atoms with van der Waals surface area (Å²) < 4.78 is 5.99. The molecule has 0 spiro atoms. The molecule has 2 saturated heterocycles. The van der Waals surface area contributed by atoms with Crippen LogP contribution in [0.3, 0.4) is 0 Å². The second-order valence-electron chi connectivity index (χ2n) is 9.54. The molecule has 2 aliphatic heterocycles. The molecule has 12 nitrogen and oxygen atoms in total. The molecule has 3 aromatic heterocycles. The summed E-state index contributed by atoms with van der Waals surface area (Å²) in [6.07, 6.45) is 3.44. The first kappa shape index (κ1) is 28.6. The maximum atomic E-state index is 13.0. The van der Waals surface area contributed by atoms with Crippen LogP contribution in [0.1, 0.15) is 39.2 Å². The molecule has 2 atom stereocenters. The number of carbonyl (C=O) groups excluding carboxylic acids is 1. The van der Waals surface area contributed by atoms with E-state index in [2.05, 4.69) is 35.5 Å². The molecule has 0 aromatic carbocycles. The molecule has 1 amide bonds. The van der Waals surface area contributed by atoms with Crippen molar-refractivity contribution < 1.29 is 19.4 Å². The average molecular weight is 610 g/mol. The van der Waals surface area contributed by atoms with Crippen LogP contribution < -0.4 is 20.4 Å². The summed E-state index contributed by atoms with van der Waals surface area (Å²) in [6.45, 7) is 8.43. The lowest BCUT2D eigenvalue weighted by atomic mass is 10.0. The standard InChI is InChI=1S/C25H30Cl2N8O4S/c1-3-39-16-12-35(7-4-14(16)32-23(36)21-19(27)18(26)13(2)31-21)25-33-20(22(40-25)24(37)38)15-10-30-17(11-29-15)34-8-5-28-6-9-34/h10-11,14,16,28,31H,3-9,12H2,1-2H3,(H,32,36)(H,37,38)/t14-,16+/m1/s1. The Bertz CT molecular complexity index is 1380. The predicted octanol–water partition coefficient (Wildman–Crippen LogP) is 3.07. The number of aromatic carboxylic acids is 1. The predicted molar refractivity (Wildman–Crippen MR) is 154 cm³/mol. The van der Waals surface area contributed by atoms with Crippen molar-refractivity contribution in [1.29, 1.82) is 0 Å². The Morgan fingerprint density at radius 2 is 1.95 bits per heavy atom. The van der Waals surface area contributed by atoms with Gasteiger partial charge < -0.3 is 35.3 Å². The van der Waals surface area contributed by atoms with Gasteiger partial charge in [-0.2, -0.15) is 0 Å². The highest BCUT2D eigenvalue weighted by molar-refractivity contribution is 7.17. The van der Waals surface area contributed by atoms with Gasteiger partial charge in [-0.3, -0.25) is 4.79 Å². The summed E-state index contributed by atoms with van der Waals surface area (Å²) in [6, 6.07) is -0.288. The van der Waals surface area contributed by atoms with Gasteiger partial charge in [0.2, 0.25) is 0 Å². The number of aromatic nitrogens is 4. The minimum absolute atomic E-state index is 0.0937. The maximum absolute atomic E-state index is 13.0. The van der Waals surface area contributed by atoms with Crippen LogP contribution in [-0.4, -0.2) is 94.9 Å². The molecule has 2 fully saturated rings. The highest BCUT2D eigenvalue weighted by atomic mass is 35.5. The molecule has 15 heteroatoms. The number of hydrogen-bond donors (Lipinski definition) is 4. The van der Waals surface area contributed by atoms with Crippen molar-refractivity contribution in [3.05, 3.63) is 38.7 Å². The molecule has 214 valence electrons. The van der Waals surface area contributed by atoms with Crippen LogP contribution >= 0.6 is 34.5 Å². The zero-order chi connectivity index (χ0) is 28.4. The third-order valence-electron chi connectivity index (χ3n) is 6.94. The molecule has 0 saturated carbocycles. The molecular formula is C25H30Cl2N8O4S. The molecule has 0 aliphatic carbocycles. The summed E-state index contributed by atoms with van der Waals surface area (Å²) in [7, 11) is 0. The van der Waals surface area contributed by atoms with E-state index in [1.165, 1.54) is 0 Å². The average Bonchev–Trinajstić information content (AvgIpc) is 3.52. The fourth-order valence-electron chi connectivity index (χ4n) is 4.87. The molecule has 2 aliphatic rings. The monoisotopic (exact) mass is 608 g/mol. The van der Waals surface area contributed by atoms with E-state index in [9.17, 15) is 14.7 Å². The summed E-state index contributed by atoms with van der Waals surface area (Å²) in [5, 5.41) is 17.3. The van der Waals surface area contributed by atoms with Gasteiger partial charge in [0.1, 0.15) is 27.8 Å². The Kier molecular flexibility index (Phi) is 8.76. The first-order chi connectivity index (χ1) is 19.3. The van der Waals surface area contributed by atoms with Crippen molar-refractivity contribution in [1.82, 2.24) is 30.6 Å². The van der Waals surface area contributed by atoms with Crippen LogP contribution in [0.2, 0.25) is 10.0 Å². The molecule has 4 N–H and O–H groups in total. The number of carboxylic acids is 1. The third kappa shape index (κ3) is 5.88. The van der Waals surface area contributed by atoms with Crippen molar-refractivity contribution >= 4 is 57.4 Å². The fraction of sp³-hybridized carbons (Fsp3) is 0.480. The second-order valence-corrected chi connectivity index (χ2v) is 11.3. The first-order valence-corrected chi connectivity index (χ1v) is 14.6. The lowest BCUT2D eigenvalue weighted by molar-refractivity contribution is 0.0272. The fourth-order valence-corrected chi connectivity index (χ4v) is 6.24. The van der Waals surface area contributed by atoms with Gasteiger partial charge in [0.05, 0.1) is 34.6 Å². The Balaban J connectivity index is 1.32. The number of piperazine rings is 1. The Labute approximate surface area is 245 Å². The number of halogens is 2. The number of nitrogens with zero attached hydrogens (tertiary/aromatic N) is 5. The zero-order valence-electron chi connectivity index (χ0n) is 22.0. The van der Waals surface area contributed by atoms with E-state index in [4.69, 9.17) is 27.9 Å². The minimum Gasteiger partial charge on any atom is -0.477 e. The normalized spacial score (nSPS) is 19.6. The van der Waals surface area contributed by atoms with Crippen LogP contribution in [0.25, 0.3) is 11.4 Å². The summed E-state index contributed by atoms with van der Waals surface area (Å²) >= 11 is 13.5. The Morgan fingerprint density at radius 1 is 1.18 bits per heavy atom. The number of rotatable bonds is 8. The van der Waals surface area contributed by atoms with E-state index in [1.807, 2.05) is 11.8 Å². The van der Waals surface area contributed by atoms with Crippen molar-refractivity contribution in [2.75, 3.05) is 55.7 Å². The SMILES string of the molecule is CCO[C@H]1CN(c2nc(-c3cnc(N4CCNCC4)cn3)c(C(=O)O)s2)CC[C@H]1NC(=O)c1[nH]c(C)c(Cl)c1Cl. The van der Waals surface area contributed by atoms with Crippen LogP contribution in [0.4, 0.5) is 10.9 Å². The van der Waals surface area contributed by atoms with E-state index >= 15 is 0 Å². The number of ether oxygens (including phenoxy) is 1. The largest absolute Gasteiger partial charge is 0.477 e. The topological polar surface area (TPSA) is 149 Å². The van der Waals surface area contributed by atoms with Gasteiger partial charge in [0, 0.05) is 51.6 Å². The van der Waals surface area contributed by atoms with Gasteiger partial charge in [0.25, 0.3) is 5.91 Å². The maximum Gasteiger partial charge on any atom is 0.348 e. The number of carboxylic acid groups (broad SMARTS) is 1. The van der Waals surface area contributed by atoms with Crippen LogP contribution in [-0.2, 0) is 4.74 Å². The lowest BCUT2D eigenvalue weighted by Gasteiger charge is -2.38. The van der Waals surface area contributed by atoms with Crippen molar-refractivity contribution in [2.24, 2.45) is 0 Å². The Hall–Kier alpha value is -2.97. The number of piperidine rings is 1. The number of hydrogen-bond acceptors (Lipinski definition) is 10. The van der Waals surface area contributed by atoms with Crippen molar-refractivity contribution in [3.63, 3.8) is 0 Å². The van der Waals surface area contributed by atoms with E-state index in [-0.39, 0.29) is 39.3 Å². The molecule has 40 heavy (non-hydrogen) atoms. The summed E-state index contributed by atoms with van der Waals surface area (Å²) in [5.41, 5.74) is 1.51. The smallest absolute Gasteiger partial charge is 0.348 e. The molecular weight excluding hydrogens is 579 g/mol.